The Morgan fingerprint density at radius 2 is 2.10 bits per heavy atom. The Kier molecular flexibility index (Phi) is 5.82. The lowest BCUT2D eigenvalue weighted by molar-refractivity contribution is 0.0583. The average molecular weight is 315 g/mol. The predicted molar refractivity (Wildman–Crippen MR) is 86.8 cm³/mol. The van der Waals surface area contributed by atoms with Gasteiger partial charge in [-0.1, -0.05) is 0 Å². The number of carbonyl (C=O) groups is 1. The van der Waals surface area contributed by atoms with Crippen LogP contribution in [0.4, 0.5) is 0 Å². The van der Waals surface area contributed by atoms with Crippen LogP contribution in [0.2, 0.25) is 0 Å². The molecule has 2 heterocycles. The molecule has 0 aliphatic carbocycles. The van der Waals surface area contributed by atoms with E-state index in [2.05, 4.69) is 25.9 Å². The number of amides is 1. The van der Waals surface area contributed by atoms with Crippen molar-refractivity contribution in [3.8, 4) is 0 Å². The van der Waals surface area contributed by atoms with Crippen LogP contribution in [-0.4, -0.2) is 39.2 Å². The highest BCUT2D eigenvalue weighted by Gasteiger charge is 2.30. The summed E-state index contributed by atoms with van der Waals surface area (Å²) in [5.74, 6) is 0.0579. The van der Waals surface area contributed by atoms with Gasteiger partial charge in [-0.05, 0) is 47.0 Å². The van der Waals surface area contributed by atoms with Gasteiger partial charge in [0.05, 0.1) is 17.3 Å². The zero-order valence-electron chi connectivity index (χ0n) is 13.4. The second-order valence-corrected chi connectivity index (χ2v) is 6.77. The van der Waals surface area contributed by atoms with Crippen LogP contribution < -0.4 is 5.73 Å². The van der Waals surface area contributed by atoms with Crippen molar-refractivity contribution in [1.82, 2.24) is 14.7 Å². The van der Waals surface area contributed by atoms with Crippen molar-refractivity contribution in [2.45, 2.75) is 64.6 Å². The number of halogens is 1. The summed E-state index contributed by atoms with van der Waals surface area (Å²) < 4.78 is 1.84. The molecule has 1 amide bonds. The molecule has 6 heteroatoms. The third kappa shape index (κ3) is 3.98. The Balaban J connectivity index is 0.00000220. The molecule has 1 aliphatic heterocycles. The summed E-state index contributed by atoms with van der Waals surface area (Å²) in [5, 5.41) is 4.31. The van der Waals surface area contributed by atoms with Crippen molar-refractivity contribution in [3.05, 3.63) is 18.0 Å². The van der Waals surface area contributed by atoms with Gasteiger partial charge in [-0.15, -0.1) is 12.4 Å². The van der Waals surface area contributed by atoms with E-state index in [1.807, 2.05) is 22.7 Å². The zero-order chi connectivity index (χ0) is 14.9. The van der Waals surface area contributed by atoms with Crippen molar-refractivity contribution in [2.75, 3.05) is 6.54 Å². The summed E-state index contributed by atoms with van der Waals surface area (Å²) in [4.78, 5) is 14.6. The third-order valence-corrected chi connectivity index (χ3v) is 3.93. The molecule has 1 saturated heterocycles. The maximum absolute atomic E-state index is 12.7. The molecule has 21 heavy (non-hydrogen) atoms. The predicted octanol–water partition coefficient (Wildman–Crippen LogP) is 2.40. The Morgan fingerprint density at radius 3 is 2.62 bits per heavy atom. The second-order valence-electron chi connectivity index (χ2n) is 6.77. The Bertz CT molecular complexity index is 478. The topological polar surface area (TPSA) is 64.2 Å². The highest BCUT2D eigenvalue weighted by atomic mass is 35.5. The molecule has 1 aliphatic rings. The van der Waals surface area contributed by atoms with Crippen LogP contribution in [-0.2, 0) is 5.54 Å². The number of carbonyl (C=O) groups excluding carboxylic acids is 1. The number of likely N-dealkylation sites (tertiary alicyclic amines) is 1. The summed E-state index contributed by atoms with van der Waals surface area (Å²) in [6.45, 7) is 8.99. The van der Waals surface area contributed by atoms with Crippen LogP contribution in [0.3, 0.4) is 0 Å². The van der Waals surface area contributed by atoms with Crippen molar-refractivity contribution >= 4 is 18.3 Å². The number of aromatic nitrogens is 2. The van der Waals surface area contributed by atoms with Crippen molar-refractivity contribution < 1.29 is 4.79 Å². The second kappa shape index (κ2) is 6.79. The van der Waals surface area contributed by atoms with Gasteiger partial charge in [0.2, 0.25) is 0 Å². The minimum Gasteiger partial charge on any atom is -0.334 e. The van der Waals surface area contributed by atoms with Gasteiger partial charge in [0.25, 0.3) is 5.91 Å². The van der Waals surface area contributed by atoms with E-state index in [9.17, 15) is 4.79 Å². The first-order valence-corrected chi connectivity index (χ1v) is 7.42. The fourth-order valence-electron chi connectivity index (χ4n) is 2.72. The molecule has 5 nitrogen and oxygen atoms in total. The van der Waals surface area contributed by atoms with E-state index in [1.54, 1.807) is 6.20 Å². The largest absolute Gasteiger partial charge is 0.334 e. The van der Waals surface area contributed by atoms with Gasteiger partial charge < -0.3 is 10.6 Å². The molecule has 2 N–H and O–H groups in total. The van der Waals surface area contributed by atoms with Crippen LogP contribution in [0.5, 0.6) is 0 Å². The van der Waals surface area contributed by atoms with E-state index in [0.717, 1.165) is 25.8 Å². The fraction of sp³-hybridized carbons (Fsp3) is 0.733. The summed E-state index contributed by atoms with van der Waals surface area (Å²) in [6.07, 6.45) is 6.71. The average Bonchev–Trinajstić information content (AvgIpc) is 2.87. The smallest absolute Gasteiger partial charge is 0.257 e. The van der Waals surface area contributed by atoms with Gasteiger partial charge in [-0.25, -0.2) is 0 Å². The van der Waals surface area contributed by atoms with Crippen LogP contribution in [0.15, 0.2) is 12.4 Å². The Morgan fingerprint density at radius 1 is 1.43 bits per heavy atom. The molecule has 120 valence electrons. The lowest BCUT2D eigenvalue weighted by Crippen LogP contribution is -2.51. The van der Waals surface area contributed by atoms with Gasteiger partial charge in [-0.2, -0.15) is 5.10 Å². The molecule has 0 aromatic carbocycles. The number of nitrogens with two attached hydrogens (primary N) is 1. The minimum absolute atomic E-state index is 0. The van der Waals surface area contributed by atoms with E-state index in [0.29, 0.717) is 5.56 Å². The first-order chi connectivity index (χ1) is 9.30. The van der Waals surface area contributed by atoms with Gasteiger partial charge in [0.1, 0.15) is 0 Å². The van der Waals surface area contributed by atoms with Crippen LogP contribution >= 0.6 is 12.4 Å². The molecule has 0 bridgehead atoms. The third-order valence-electron chi connectivity index (χ3n) is 3.93. The normalized spacial score (nSPS) is 20.8. The van der Waals surface area contributed by atoms with Gasteiger partial charge in [-0.3, -0.25) is 9.48 Å². The van der Waals surface area contributed by atoms with E-state index in [-0.39, 0.29) is 35.9 Å². The summed E-state index contributed by atoms with van der Waals surface area (Å²) in [6, 6.07) is 0.158. The van der Waals surface area contributed by atoms with E-state index >= 15 is 0 Å². The van der Waals surface area contributed by atoms with Gasteiger partial charge in [0, 0.05) is 24.8 Å². The maximum atomic E-state index is 12.7. The lowest BCUT2D eigenvalue weighted by Gasteiger charge is -2.37. The zero-order valence-corrected chi connectivity index (χ0v) is 14.2. The van der Waals surface area contributed by atoms with Crippen molar-refractivity contribution in [1.29, 1.82) is 0 Å². The van der Waals surface area contributed by atoms with Gasteiger partial charge >= 0.3 is 0 Å². The monoisotopic (exact) mass is 314 g/mol. The molecular formula is C15H27ClN4O. The Hall–Kier alpha value is -1.07. The number of nitrogens with zero attached hydrogens (tertiary/aromatic N) is 3. The number of rotatable bonds is 2. The van der Waals surface area contributed by atoms with Crippen LogP contribution in [0.25, 0.3) is 0 Å². The van der Waals surface area contributed by atoms with E-state index in [4.69, 9.17) is 5.73 Å². The molecule has 0 saturated carbocycles. The molecule has 2 unspecified atom stereocenters. The quantitative estimate of drug-likeness (QED) is 0.911. The SMILES string of the molecule is CC(N)C1CCCCN1C(=O)c1cnn(C(C)(C)C)c1.Cl. The molecule has 2 rings (SSSR count). The van der Waals surface area contributed by atoms with Crippen LogP contribution in [0, 0.1) is 0 Å². The Labute approximate surface area is 133 Å². The van der Waals surface area contributed by atoms with Crippen molar-refractivity contribution in [2.24, 2.45) is 5.73 Å². The van der Waals surface area contributed by atoms with Crippen LogP contribution in [0.1, 0.15) is 57.3 Å². The van der Waals surface area contributed by atoms with E-state index < -0.39 is 0 Å². The minimum atomic E-state index is -0.110. The standard InChI is InChI=1S/C15H26N4O.ClH/c1-11(16)13-7-5-6-8-18(13)14(20)12-9-17-19(10-12)15(2,3)4;/h9-11,13H,5-8,16H2,1-4H3;1H. The molecule has 1 fully saturated rings. The number of hydrogen-bond donors (Lipinski definition) is 1. The molecule has 1 aromatic rings. The number of piperidine rings is 1. The highest BCUT2D eigenvalue weighted by molar-refractivity contribution is 5.94. The van der Waals surface area contributed by atoms with Crippen molar-refractivity contribution in [3.63, 3.8) is 0 Å². The number of hydrogen-bond acceptors (Lipinski definition) is 3. The summed E-state index contributed by atoms with van der Waals surface area (Å²) in [5.41, 5.74) is 6.58. The lowest BCUT2D eigenvalue weighted by atomic mass is 9.96. The fourth-order valence-corrected chi connectivity index (χ4v) is 2.72. The first kappa shape index (κ1) is 18.0. The summed E-state index contributed by atoms with van der Waals surface area (Å²) >= 11 is 0. The first-order valence-electron chi connectivity index (χ1n) is 7.42. The summed E-state index contributed by atoms with van der Waals surface area (Å²) in [7, 11) is 0. The van der Waals surface area contributed by atoms with E-state index in [1.165, 1.54) is 0 Å². The molecule has 1 aromatic heterocycles. The maximum Gasteiger partial charge on any atom is 0.257 e. The van der Waals surface area contributed by atoms with Gasteiger partial charge in [0.15, 0.2) is 0 Å². The molecule has 0 spiro atoms. The molecule has 2 atom stereocenters. The molecular weight excluding hydrogens is 288 g/mol. The molecule has 0 radical (unpaired) electrons. The highest BCUT2D eigenvalue weighted by Crippen LogP contribution is 2.22.